The normalized spacial score (nSPS) is 15.9. The van der Waals surface area contributed by atoms with Gasteiger partial charge in [-0.1, -0.05) is 29.6 Å². The number of ether oxygens (including phenoxy) is 1. The monoisotopic (exact) mass is 495 g/mol. The summed E-state index contributed by atoms with van der Waals surface area (Å²) in [5.74, 6) is -0.322. The largest absolute Gasteiger partial charge is 0.507 e. The quantitative estimate of drug-likeness (QED) is 0.508. The molecular formula is C18H20Cl2NO7PS. The SMILES string of the molecule is O=P(O)(O)Cc1cc(Cl)c(Oc2ccc(O)c(S(=O)(=O)N3CCCCC3)c2)c(Cl)c1. The first-order valence-electron chi connectivity index (χ1n) is 9.01. The van der Waals surface area contributed by atoms with Gasteiger partial charge in [0, 0.05) is 19.2 Å². The minimum atomic E-state index is -4.31. The zero-order valence-corrected chi connectivity index (χ0v) is 18.9. The summed E-state index contributed by atoms with van der Waals surface area (Å²) in [6, 6.07) is 6.38. The summed E-state index contributed by atoms with van der Waals surface area (Å²) in [5.41, 5.74) is 0.227. The van der Waals surface area contributed by atoms with Crippen LogP contribution in [-0.2, 0) is 20.8 Å². The predicted octanol–water partition coefficient (Wildman–Crippen LogP) is 4.34. The maximum absolute atomic E-state index is 12.9. The fraction of sp³-hybridized carbons (Fsp3) is 0.333. The molecule has 8 nitrogen and oxygen atoms in total. The molecule has 1 aliphatic heterocycles. The zero-order chi connectivity index (χ0) is 22.1. The molecule has 0 aliphatic carbocycles. The summed E-state index contributed by atoms with van der Waals surface area (Å²) in [7, 11) is -8.21. The Kier molecular flexibility index (Phi) is 7.04. The third-order valence-electron chi connectivity index (χ3n) is 4.53. The number of halogens is 2. The Morgan fingerprint density at radius 2 is 1.63 bits per heavy atom. The maximum Gasteiger partial charge on any atom is 0.329 e. The highest BCUT2D eigenvalue weighted by atomic mass is 35.5. The van der Waals surface area contributed by atoms with Crippen LogP contribution in [0.1, 0.15) is 24.8 Å². The first-order valence-corrected chi connectivity index (χ1v) is 13.0. The molecule has 3 rings (SSSR count). The maximum atomic E-state index is 12.9. The van der Waals surface area contributed by atoms with Gasteiger partial charge >= 0.3 is 7.60 Å². The lowest BCUT2D eigenvalue weighted by atomic mass is 10.2. The molecule has 0 aromatic heterocycles. The molecule has 0 spiro atoms. The number of hydrogen-bond donors (Lipinski definition) is 3. The summed E-state index contributed by atoms with van der Waals surface area (Å²) >= 11 is 12.3. The highest BCUT2D eigenvalue weighted by Crippen LogP contribution is 2.44. The third kappa shape index (κ3) is 5.48. The van der Waals surface area contributed by atoms with Crippen molar-refractivity contribution in [3.8, 4) is 17.2 Å². The Bertz CT molecular complexity index is 1070. The summed E-state index contributed by atoms with van der Waals surface area (Å²) in [6.45, 7) is 0.761. The van der Waals surface area contributed by atoms with Crippen molar-refractivity contribution in [3.63, 3.8) is 0 Å². The third-order valence-corrected chi connectivity index (χ3v) is 7.80. The molecule has 2 aromatic rings. The van der Waals surface area contributed by atoms with Gasteiger partial charge in [-0.05, 0) is 42.7 Å². The van der Waals surface area contributed by atoms with E-state index in [1.165, 1.54) is 34.6 Å². The standard InChI is InChI=1S/C18H20Cl2NO7PS/c19-14-8-12(11-29(23,24)25)9-15(20)18(14)28-13-4-5-16(22)17(10-13)30(26,27)21-6-2-1-3-7-21/h4-5,8-10,22H,1-3,6-7,11H2,(H2,23,24,25). The van der Waals surface area contributed by atoms with Crippen molar-refractivity contribution < 1.29 is 32.6 Å². The van der Waals surface area contributed by atoms with Crippen LogP contribution in [0.3, 0.4) is 0 Å². The predicted molar refractivity (Wildman–Crippen MR) is 113 cm³/mol. The molecule has 2 aromatic carbocycles. The van der Waals surface area contributed by atoms with Crippen molar-refractivity contribution in [1.82, 2.24) is 4.31 Å². The van der Waals surface area contributed by atoms with Crippen molar-refractivity contribution in [2.24, 2.45) is 0 Å². The van der Waals surface area contributed by atoms with E-state index in [2.05, 4.69) is 0 Å². The van der Waals surface area contributed by atoms with Gasteiger partial charge in [0.1, 0.15) is 16.4 Å². The molecule has 0 saturated carbocycles. The Labute approximate surface area is 184 Å². The molecule has 0 atom stereocenters. The highest BCUT2D eigenvalue weighted by molar-refractivity contribution is 7.89. The van der Waals surface area contributed by atoms with Crippen molar-refractivity contribution in [2.45, 2.75) is 30.3 Å². The Hall–Kier alpha value is -1.32. The van der Waals surface area contributed by atoms with Gasteiger partial charge in [-0.15, -0.1) is 0 Å². The molecule has 164 valence electrons. The van der Waals surface area contributed by atoms with Crippen LogP contribution in [0.5, 0.6) is 17.2 Å². The second-order valence-electron chi connectivity index (χ2n) is 6.91. The van der Waals surface area contributed by atoms with E-state index in [4.69, 9.17) is 37.7 Å². The Morgan fingerprint density at radius 3 is 2.20 bits per heavy atom. The Morgan fingerprint density at radius 1 is 1.03 bits per heavy atom. The molecular weight excluding hydrogens is 476 g/mol. The smallest absolute Gasteiger partial charge is 0.329 e. The number of phenolic OH excluding ortho intramolecular Hbond substituents is 1. The van der Waals surface area contributed by atoms with Gasteiger partial charge < -0.3 is 19.6 Å². The molecule has 1 aliphatic rings. The van der Waals surface area contributed by atoms with Gasteiger partial charge in [0.05, 0.1) is 16.2 Å². The Balaban J connectivity index is 1.91. The molecule has 1 saturated heterocycles. The number of phenols is 1. The number of sulfonamides is 1. The summed E-state index contributed by atoms with van der Waals surface area (Å²) in [6.07, 6.45) is 1.92. The van der Waals surface area contributed by atoms with Gasteiger partial charge in [-0.3, -0.25) is 4.57 Å². The van der Waals surface area contributed by atoms with E-state index in [1.807, 2.05) is 0 Å². The minimum absolute atomic E-state index is 0.000180. The average Bonchev–Trinajstić information content (AvgIpc) is 2.65. The lowest BCUT2D eigenvalue weighted by Crippen LogP contribution is -2.35. The lowest BCUT2D eigenvalue weighted by molar-refractivity contribution is 0.344. The molecule has 1 fully saturated rings. The van der Waals surface area contributed by atoms with Crippen molar-refractivity contribution in [2.75, 3.05) is 13.1 Å². The van der Waals surface area contributed by atoms with Crippen LogP contribution in [0.2, 0.25) is 10.0 Å². The summed E-state index contributed by atoms with van der Waals surface area (Å²) < 4.78 is 44.0. The first-order chi connectivity index (χ1) is 14.0. The highest BCUT2D eigenvalue weighted by Gasteiger charge is 2.29. The van der Waals surface area contributed by atoms with Crippen molar-refractivity contribution >= 4 is 40.8 Å². The summed E-state index contributed by atoms with van der Waals surface area (Å²) in [5, 5.41) is 10.1. The molecule has 1 heterocycles. The van der Waals surface area contributed by atoms with Crippen LogP contribution in [0, 0.1) is 0 Å². The molecule has 30 heavy (non-hydrogen) atoms. The molecule has 0 bridgehead atoms. The van der Waals surface area contributed by atoms with E-state index < -0.39 is 29.5 Å². The van der Waals surface area contributed by atoms with Crippen LogP contribution in [0.15, 0.2) is 35.2 Å². The van der Waals surface area contributed by atoms with Gasteiger partial charge in [-0.25, -0.2) is 8.42 Å². The van der Waals surface area contributed by atoms with Crippen LogP contribution < -0.4 is 4.74 Å². The molecule has 0 radical (unpaired) electrons. The van der Waals surface area contributed by atoms with E-state index in [9.17, 15) is 18.1 Å². The van der Waals surface area contributed by atoms with Gasteiger partial charge in [0.2, 0.25) is 10.0 Å². The zero-order valence-electron chi connectivity index (χ0n) is 15.7. The first kappa shape index (κ1) is 23.3. The van der Waals surface area contributed by atoms with Gasteiger partial charge in [-0.2, -0.15) is 4.31 Å². The van der Waals surface area contributed by atoms with E-state index in [1.54, 1.807) is 0 Å². The fourth-order valence-corrected chi connectivity index (χ4v) is 6.05. The van der Waals surface area contributed by atoms with Crippen LogP contribution in [0.25, 0.3) is 0 Å². The van der Waals surface area contributed by atoms with E-state index in [0.29, 0.717) is 13.1 Å². The summed E-state index contributed by atoms with van der Waals surface area (Å²) in [4.78, 5) is 17.9. The van der Waals surface area contributed by atoms with Gasteiger partial charge in [0.15, 0.2) is 5.75 Å². The second kappa shape index (κ2) is 9.04. The number of hydrogen-bond acceptors (Lipinski definition) is 5. The number of benzene rings is 2. The van der Waals surface area contributed by atoms with E-state index in [-0.39, 0.29) is 32.0 Å². The van der Waals surface area contributed by atoms with E-state index >= 15 is 0 Å². The molecule has 3 N–H and O–H groups in total. The van der Waals surface area contributed by atoms with Crippen LogP contribution in [-0.4, -0.2) is 40.7 Å². The average molecular weight is 496 g/mol. The number of rotatable bonds is 6. The van der Waals surface area contributed by atoms with Gasteiger partial charge in [0.25, 0.3) is 0 Å². The van der Waals surface area contributed by atoms with E-state index in [0.717, 1.165) is 19.3 Å². The van der Waals surface area contributed by atoms with Crippen LogP contribution >= 0.6 is 30.8 Å². The van der Waals surface area contributed by atoms with Crippen molar-refractivity contribution in [1.29, 1.82) is 0 Å². The topological polar surface area (TPSA) is 124 Å². The molecule has 12 heteroatoms. The number of aromatic hydroxyl groups is 1. The number of piperidine rings is 1. The minimum Gasteiger partial charge on any atom is -0.507 e. The molecule has 0 amide bonds. The van der Waals surface area contributed by atoms with Crippen molar-refractivity contribution in [3.05, 3.63) is 45.9 Å². The second-order valence-corrected chi connectivity index (χ2v) is 11.3. The molecule has 0 unspecified atom stereocenters. The number of nitrogens with zero attached hydrogens (tertiary/aromatic N) is 1. The fourth-order valence-electron chi connectivity index (χ4n) is 3.17. The van der Waals surface area contributed by atoms with Crippen LogP contribution in [0.4, 0.5) is 0 Å². The lowest BCUT2D eigenvalue weighted by Gasteiger charge is -2.26.